The van der Waals surface area contributed by atoms with Gasteiger partial charge in [-0.05, 0) is 12.1 Å². The third-order valence-electron chi connectivity index (χ3n) is 3.33. The highest BCUT2D eigenvalue weighted by Crippen LogP contribution is 2.36. The number of aromatic nitrogens is 1. The molecule has 21 heavy (non-hydrogen) atoms. The number of ether oxygens (including phenoxy) is 2. The Bertz CT molecular complexity index is 788. The molecule has 0 aliphatic heterocycles. The van der Waals surface area contributed by atoms with Gasteiger partial charge in [0.05, 0.1) is 24.9 Å². The number of halogens is 1. The predicted octanol–water partition coefficient (Wildman–Crippen LogP) is 4.57. The minimum absolute atomic E-state index is 0.621. The molecule has 0 spiro atoms. The first-order valence-corrected chi connectivity index (χ1v) is 6.88. The van der Waals surface area contributed by atoms with E-state index < -0.39 is 0 Å². The molecule has 3 aromatic rings. The number of hydrogen-bond acceptors (Lipinski definition) is 3. The largest absolute Gasteiger partial charge is 0.497 e. The molecule has 0 saturated heterocycles. The minimum atomic E-state index is 0.621. The fourth-order valence-electron chi connectivity index (χ4n) is 2.26. The Labute approximate surface area is 128 Å². The maximum atomic E-state index is 6.42. The maximum Gasteiger partial charge on any atom is 0.148 e. The van der Waals surface area contributed by atoms with E-state index in [2.05, 4.69) is 4.98 Å². The topological polar surface area (TPSA) is 31.4 Å². The van der Waals surface area contributed by atoms with Crippen LogP contribution in [0.3, 0.4) is 0 Å². The molecule has 0 unspecified atom stereocenters. The smallest absolute Gasteiger partial charge is 0.148 e. The van der Waals surface area contributed by atoms with Crippen LogP contribution < -0.4 is 9.47 Å². The van der Waals surface area contributed by atoms with Crippen molar-refractivity contribution in [3.63, 3.8) is 0 Å². The molecule has 1 aromatic heterocycles. The summed E-state index contributed by atoms with van der Waals surface area (Å²) < 4.78 is 10.7. The molecule has 0 aliphatic carbocycles. The van der Waals surface area contributed by atoms with Gasteiger partial charge in [0.1, 0.15) is 17.0 Å². The molecular formula is C17H14ClNO2. The zero-order valence-corrected chi connectivity index (χ0v) is 12.5. The lowest BCUT2D eigenvalue weighted by molar-refractivity contribution is 0.397. The van der Waals surface area contributed by atoms with Crippen molar-refractivity contribution in [2.24, 2.45) is 0 Å². The van der Waals surface area contributed by atoms with Gasteiger partial charge in [-0.15, -0.1) is 0 Å². The van der Waals surface area contributed by atoms with E-state index in [1.54, 1.807) is 20.3 Å². The van der Waals surface area contributed by atoms with Crippen molar-refractivity contribution in [3.05, 3.63) is 53.6 Å². The van der Waals surface area contributed by atoms with Crippen LogP contribution in [0.4, 0.5) is 0 Å². The standard InChI is InChI=1S/C17H14ClNO2/c1-20-12-8-13-14(18)10-15(11-6-4-3-5-7-11)19-17(13)16(9-12)21-2/h3-10H,1-2H3. The lowest BCUT2D eigenvalue weighted by Crippen LogP contribution is -1.93. The Morgan fingerprint density at radius 2 is 1.71 bits per heavy atom. The van der Waals surface area contributed by atoms with E-state index >= 15 is 0 Å². The molecule has 0 aliphatic rings. The van der Waals surface area contributed by atoms with Crippen LogP contribution in [0.15, 0.2) is 48.5 Å². The second-order valence-corrected chi connectivity index (χ2v) is 4.99. The van der Waals surface area contributed by atoms with Crippen LogP contribution in [0, 0.1) is 0 Å². The Balaban J connectivity index is 2.28. The van der Waals surface area contributed by atoms with Crippen LogP contribution in [0.25, 0.3) is 22.2 Å². The zero-order valence-electron chi connectivity index (χ0n) is 11.8. The van der Waals surface area contributed by atoms with Crippen molar-refractivity contribution >= 4 is 22.5 Å². The van der Waals surface area contributed by atoms with E-state index in [4.69, 9.17) is 21.1 Å². The normalized spacial score (nSPS) is 10.6. The highest BCUT2D eigenvalue weighted by molar-refractivity contribution is 6.35. The number of hydrogen-bond donors (Lipinski definition) is 0. The highest BCUT2D eigenvalue weighted by atomic mass is 35.5. The molecule has 0 amide bonds. The summed E-state index contributed by atoms with van der Waals surface area (Å²) in [6, 6.07) is 15.4. The average molecular weight is 300 g/mol. The van der Waals surface area contributed by atoms with E-state index in [0.717, 1.165) is 22.2 Å². The van der Waals surface area contributed by atoms with Crippen molar-refractivity contribution in [1.29, 1.82) is 0 Å². The average Bonchev–Trinajstić information content (AvgIpc) is 2.54. The molecule has 106 valence electrons. The maximum absolute atomic E-state index is 6.42. The van der Waals surface area contributed by atoms with E-state index in [9.17, 15) is 0 Å². The third kappa shape index (κ3) is 2.52. The number of pyridine rings is 1. The lowest BCUT2D eigenvalue weighted by Gasteiger charge is -2.11. The molecule has 4 heteroatoms. The van der Waals surface area contributed by atoms with E-state index in [0.29, 0.717) is 16.5 Å². The SMILES string of the molecule is COc1cc(OC)c2nc(-c3ccccc3)cc(Cl)c2c1. The molecule has 0 N–H and O–H groups in total. The molecular weight excluding hydrogens is 286 g/mol. The predicted molar refractivity (Wildman–Crippen MR) is 85.3 cm³/mol. The van der Waals surface area contributed by atoms with Crippen LogP contribution in [0.2, 0.25) is 5.02 Å². The quantitative estimate of drug-likeness (QED) is 0.710. The van der Waals surface area contributed by atoms with Gasteiger partial charge in [0.25, 0.3) is 0 Å². The first kappa shape index (κ1) is 13.7. The molecule has 0 bridgehead atoms. The van der Waals surface area contributed by atoms with Gasteiger partial charge < -0.3 is 9.47 Å². The first-order valence-electron chi connectivity index (χ1n) is 6.50. The van der Waals surface area contributed by atoms with Crippen molar-refractivity contribution < 1.29 is 9.47 Å². The number of rotatable bonds is 3. The summed E-state index contributed by atoms with van der Waals surface area (Å²) in [6.45, 7) is 0. The molecule has 0 radical (unpaired) electrons. The van der Waals surface area contributed by atoms with Crippen LogP contribution in [0.1, 0.15) is 0 Å². The summed E-state index contributed by atoms with van der Waals surface area (Å²) in [5, 5.41) is 1.43. The van der Waals surface area contributed by atoms with Crippen LogP contribution >= 0.6 is 11.6 Å². The van der Waals surface area contributed by atoms with Crippen LogP contribution in [0.5, 0.6) is 11.5 Å². The Morgan fingerprint density at radius 3 is 2.38 bits per heavy atom. The van der Waals surface area contributed by atoms with Crippen LogP contribution in [-0.2, 0) is 0 Å². The molecule has 3 rings (SSSR count). The molecule has 0 fully saturated rings. The zero-order chi connectivity index (χ0) is 14.8. The summed E-state index contributed by atoms with van der Waals surface area (Å²) in [6.07, 6.45) is 0. The monoisotopic (exact) mass is 299 g/mol. The molecule has 0 saturated carbocycles. The van der Waals surface area contributed by atoms with Gasteiger partial charge in [0, 0.05) is 17.0 Å². The molecule has 2 aromatic carbocycles. The Morgan fingerprint density at radius 1 is 0.952 bits per heavy atom. The second kappa shape index (κ2) is 5.62. The van der Waals surface area contributed by atoms with Gasteiger partial charge in [-0.25, -0.2) is 4.98 Å². The number of nitrogens with zero attached hydrogens (tertiary/aromatic N) is 1. The molecule has 1 heterocycles. The number of fused-ring (bicyclic) bond motifs is 1. The highest BCUT2D eigenvalue weighted by Gasteiger charge is 2.12. The molecule has 3 nitrogen and oxygen atoms in total. The summed E-state index contributed by atoms with van der Waals surface area (Å²) in [5.41, 5.74) is 2.56. The summed E-state index contributed by atoms with van der Waals surface area (Å²) >= 11 is 6.42. The lowest BCUT2D eigenvalue weighted by atomic mass is 10.1. The van der Waals surface area contributed by atoms with Gasteiger partial charge in [-0.2, -0.15) is 0 Å². The number of methoxy groups -OCH3 is 2. The fourth-order valence-corrected chi connectivity index (χ4v) is 2.51. The second-order valence-electron chi connectivity index (χ2n) is 4.58. The van der Waals surface area contributed by atoms with Gasteiger partial charge in [-0.1, -0.05) is 41.9 Å². The van der Waals surface area contributed by atoms with Crippen molar-refractivity contribution in [1.82, 2.24) is 4.98 Å². The van der Waals surface area contributed by atoms with Gasteiger partial charge >= 0.3 is 0 Å². The van der Waals surface area contributed by atoms with Gasteiger partial charge in [0.2, 0.25) is 0 Å². The Kier molecular flexibility index (Phi) is 3.67. The fraction of sp³-hybridized carbons (Fsp3) is 0.118. The number of benzene rings is 2. The first-order chi connectivity index (χ1) is 10.2. The van der Waals surface area contributed by atoms with E-state index in [1.807, 2.05) is 42.5 Å². The van der Waals surface area contributed by atoms with E-state index in [-0.39, 0.29) is 0 Å². The summed E-state index contributed by atoms with van der Waals surface area (Å²) in [7, 11) is 3.22. The van der Waals surface area contributed by atoms with Crippen LogP contribution in [-0.4, -0.2) is 19.2 Å². The van der Waals surface area contributed by atoms with Crippen molar-refractivity contribution in [3.8, 4) is 22.8 Å². The molecule has 0 atom stereocenters. The van der Waals surface area contributed by atoms with E-state index in [1.165, 1.54) is 0 Å². The van der Waals surface area contributed by atoms with Gasteiger partial charge in [-0.3, -0.25) is 0 Å². The minimum Gasteiger partial charge on any atom is -0.497 e. The van der Waals surface area contributed by atoms with Crippen molar-refractivity contribution in [2.45, 2.75) is 0 Å². The third-order valence-corrected chi connectivity index (χ3v) is 3.64. The van der Waals surface area contributed by atoms with Gasteiger partial charge in [0.15, 0.2) is 0 Å². The summed E-state index contributed by atoms with van der Waals surface area (Å²) in [4.78, 5) is 4.69. The Hall–Kier alpha value is -2.26. The summed E-state index contributed by atoms with van der Waals surface area (Å²) in [5.74, 6) is 1.33. The van der Waals surface area contributed by atoms with Crippen molar-refractivity contribution in [2.75, 3.05) is 14.2 Å².